The Morgan fingerprint density at radius 3 is 2.87 bits per heavy atom. The minimum absolute atomic E-state index is 0.132. The zero-order valence-electron chi connectivity index (χ0n) is 12.7. The van der Waals surface area contributed by atoms with Crippen molar-refractivity contribution in [2.24, 2.45) is 0 Å². The van der Waals surface area contributed by atoms with Gasteiger partial charge in [0.1, 0.15) is 6.10 Å². The molecule has 3 rings (SSSR count). The van der Waals surface area contributed by atoms with Crippen LogP contribution in [0.5, 0.6) is 5.88 Å². The van der Waals surface area contributed by atoms with Crippen molar-refractivity contribution >= 4 is 5.91 Å². The summed E-state index contributed by atoms with van der Waals surface area (Å²) >= 11 is 0. The number of nitrogens with zero attached hydrogens (tertiary/aromatic N) is 3. The third kappa shape index (κ3) is 3.84. The highest BCUT2D eigenvalue weighted by atomic mass is 16.5. The van der Waals surface area contributed by atoms with Crippen molar-refractivity contribution in [1.29, 1.82) is 0 Å². The van der Waals surface area contributed by atoms with E-state index in [2.05, 4.69) is 9.97 Å². The molecule has 2 aromatic rings. The Kier molecular flexibility index (Phi) is 4.83. The molecular weight excluding hydrogens is 294 g/mol. The minimum atomic E-state index is -1.13. The first-order valence-corrected chi connectivity index (χ1v) is 7.68. The summed E-state index contributed by atoms with van der Waals surface area (Å²) in [5, 5.41) is 10.3. The minimum Gasteiger partial charge on any atom is -0.471 e. The number of amides is 1. The monoisotopic (exact) mass is 313 g/mol. The number of hydrogen-bond acceptors (Lipinski definition) is 5. The summed E-state index contributed by atoms with van der Waals surface area (Å²) in [5.41, 5.74) is 0.606. The van der Waals surface area contributed by atoms with Gasteiger partial charge in [0.25, 0.3) is 5.91 Å². The van der Waals surface area contributed by atoms with Gasteiger partial charge in [-0.05, 0) is 18.4 Å². The zero-order valence-corrected chi connectivity index (χ0v) is 12.7. The molecule has 0 radical (unpaired) electrons. The fraction of sp³-hybridized carbons (Fsp3) is 0.353. The first-order chi connectivity index (χ1) is 11.2. The molecule has 120 valence electrons. The van der Waals surface area contributed by atoms with Gasteiger partial charge >= 0.3 is 0 Å². The van der Waals surface area contributed by atoms with Crippen molar-refractivity contribution in [3.8, 4) is 5.88 Å². The van der Waals surface area contributed by atoms with E-state index >= 15 is 0 Å². The smallest absolute Gasteiger partial charge is 0.256 e. The molecular formula is C17H19N3O3. The van der Waals surface area contributed by atoms with E-state index in [9.17, 15) is 9.90 Å². The fourth-order valence-electron chi connectivity index (χ4n) is 2.70. The lowest BCUT2D eigenvalue weighted by Crippen LogP contribution is -2.46. The van der Waals surface area contributed by atoms with Gasteiger partial charge in [-0.2, -0.15) is 0 Å². The van der Waals surface area contributed by atoms with Gasteiger partial charge < -0.3 is 14.7 Å². The standard InChI is InChI=1S/C17H19N3O3/c21-16(13-5-2-1-3-6-13)17(22)20-10-4-7-14(12-20)23-15-11-18-8-9-19-15/h1-3,5-6,8-9,11,14,16,21H,4,7,10,12H2/t14-,16-/m1/s1. The van der Waals surface area contributed by atoms with E-state index in [-0.39, 0.29) is 12.0 Å². The van der Waals surface area contributed by atoms with Gasteiger partial charge in [0, 0.05) is 18.9 Å². The van der Waals surface area contributed by atoms with Gasteiger partial charge in [0.05, 0.1) is 12.7 Å². The number of hydrogen-bond donors (Lipinski definition) is 1. The zero-order chi connectivity index (χ0) is 16.1. The van der Waals surface area contributed by atoms with Gasteiger partial charge in [-0.3, -0.25) is 9.78 Å². The van der Waals surface area contributed by atoms with Crippen LogP contribution in [0, 0.1) is 0 Å². The summed E-state index contributed by atoms with van der Waals surface area (Å²) < 4.78 is 5.77. The van der Waals surface area contributed by atoms with Crippen molar-refractivity contribution in [2.45, 2.75) is 25.0 Å². The van der Waals surface area contributed by atoms with Crippen LogP contribution in [-0.2, 0) is 4.79 Å². The van der Waals surface area contributed by atoms with Crippen LogP contribution < -0.4 is 4.74 Å². The van der Waals surface area contributed by atoms with Crippen molar-refractivity contribution in [1.82, 2.24) is 14.9 Å². The summed E-state index contributed by atoms with van der Waals surface area (Å²) in [6, 6.07) is 8.97. The lowest BCUT2D eigenvalue weighted by atomic mass is 10.0. The molecule has 6 nitrogen and oxygen atoms in total. The summed E-state index contributed by atoms with van der Waals surface area (Å²) in [6.07, 6.45) is 5.12. The number of likely N-dealkylation sites (tertiary alicyclic amines) is 1. The Labute approximate surface area is 134 Å². The van der Waals surface area contributed by atoms with Crippen LogP contribution in [0.4, 0.5) is 0 Å². The Morgan fingerprint density at radius 2 is 2.13 bits per heavy atom. The highest BCUT2D eigenvalue weighted by molar-refractivity contribution is 5.82. The van der Waals surface area contributed by atoms with Crippen LogP contribution in [0.3, 0.4) is 0 Å². The third-order valence-electron chi connectivity index (χ3n) is 3.87. The van der Waals surface area contributed by atoms with Crippen LogP contribution >= 0.6 is 0 Å². The number of aromatic nitrogens is 2. The van der Waals surface area contributed by atoms with Crippen molar-refractivity contribution < 1.29 is 14.6 Å². The largest absolute Gasteiger partial charge is 0.471 e. The second kappa shape index (κ2) is 7.19. The first-order valence-electron chi connectivity index (χ1n) is 7.68. The van der Waals surface area contributed by atoms with E-state index in [0.29, 0.717) is 24.5 Å². The van der Waals surface area contributed by atoms with E-state index in [1.165, 1.54) is 0 Å². The van der Waals surface area contributed by atoms with Crippen molar-refractivity contribution in [3.05, 3.63) is 54.5 Å². The predicted octanol–water partition coefficient (Wildman–Crippen LogP) is 1.58. The van der Waals surface area contributed by atoms with E-state index in [0.717, 1.165) is 12.8 Å². The number of carbonyl (C=O) groups is 1. The first kappa shape index (κ1) is 15.4. The number of benzene rings is 1. The van der Waals surface area contributed by atoms with E-state index in [1.807, 2.05) is 18.2 Å². The van der Waals surface area contributed by atoms with Gasteiger partial charge in [0.2, 0.25) is 5.88 Å². The second-order valence-corrected chi connectivity index (χ2v) is 5.52. The van der Waals surface area contributed by atoms with Crippen molar-refractivity contribution in [2.75, 3.05) is 13.1 Å². The molecule has 0 spiro atoms. The number of carbonyl (C=O) groups excluding carboxylic acids is 1. The average Bonchev–Trinajstić information content (AvgIpc) is 2.62. The SMILES string of the molecule is O=C([C@H](O)c1ccccc1)N1CCC[C@@H](Oc2cnccn2)C1. The molecule has 1 aromatic heterocycles. The number of ether oxygens (including phenoxy) is 1. The Morgan fingerprint density at radius 1 is 1.30 bits per heavy atom. The molecule has 0 aliphatic carbocycles. The molecule has 0 bridgehead atoms. The average molecular weight is 313 g/mol. The number of aliphatic hydroxyl groups excluding tert-OH is 1. The third-order valence-corrected chi connectivity index (χ3v) is 3.87. The Hall–Kier alpha value is -2.47. The van der Waals surface area contributed by atoms with E-state index in [4.69, 9.17) is 4.74 Å². The van der Waals surface area contributed by atoms with Gasteiger partial charge in [-0.15, -0.1) is 0 Å². The highest BCUT2D eigenvalue weighted by Gasteiger charge is 2.29. The molecule has 2 heterocycles. The molecule has 1 fully saturated rings. The van der Waals surface area contributed by atoms with Gasteiger partial charge in [-0.25, -0.2) is 4.98 Å². The molecule has 1 saturated heterocycles. The van der Waals surface area contributed by atoms with Gasteiger partial charge in [0.15, 0.2) is 6.10 Å². The molecule has 1 aliphatic rings. The molecule has 1 aromatic carbocycles. The normalized spacial score (nSPS) is 19.2. The molecule has 6 heteroatoms. The Bertz CT molecular complexity index is 636. The predicted molar refractivity (Wildman–Crippen MR) is 83.7 cm³/mol. The quantitative estimate of drug-likeness (QED) is 0.927. The Balaban J connectivity index is 1.63. The molecule has 1 aliphatic heterocycles. The van der Waals surface area contributed by atoms with Crippen LogP contribution in [-0.4, -0.2) is 45.1 Å². The highest BCUT2D eigenvalue weighted by Crippen LogP contribution is 2.21. The maximum atomic E-state index is 12.5. The van der Waals surface area contributed by atoms with Crippen LogP contribution in [0.2, 0.25) is 0 Å². The van der Waals surface area contributed by atoms with E-state index < -0.39 is 6.10 Å². The van der Waals surface area contributed by atoms with Gasteiger partial charge in [-0.1, -0.05) is 30.3 Å². The summed E-state index contributed by atoms with van der Waals surface area (Å²) in [4.78, 5) is 22.2. The molecule has 23 heavy (non-hydrogen) atoms. The lowest BCUT2D eigenvalue weighted by molar-refractivity contribution is -0.143. The topological polar surface area (TPSA) is 75.5 Å². The van der Waals surface area contributed by atoms with Crippen LogP contribution in [0.25, 0.3) is 0 Å². The number of rotatable bonds is 4. The molecule has 0 unspecified atom stereocenters. The van der Waals surface area contributed by atoms with Crippen LogP contribution in [0.15, 0.2) is 48.9 Å². The number of piperidine rings is 1. The van der Waals surface area contributed by atoms with Crippen molar-refractivity contribution in [3.63, 3.8) is 0 Å². The molecule has 2 atom stereocenters. The maximum Gasteiger partial charge on any atom is 0.256 e. The lowest BCUT2D eigenvalue weighted by Gasteiger charge is -2.33. The summed E-state index contributed by atoms with van der Waals surface area (Å²) in [7, 11) is 0. The molecule has 1 amide bonds. The summed E-state index contributed by atoms with van der Waals surface area (Å²) in [6.45, 7) is 1.07. The second-order valence-electron chi connectivity index (χ2n) is 5.52. The molecule has 0 saturated carbocycles. The fourth-order valence-corrected chi connectivity index (χ4v) is 2.70. The maximum absolute atomic E-state index is 12.5. The molecule has 1 N–H and O–H groups in total. The van der Waals surface area contributed by atoms with Crippen LogP contribution in [0.1, 0.15) is 24.5 Å². The summed E-state index contributed by atoms with van der Waals surface area (Å²) in [5.74, 6) is 0.166. The number of aliphatic hydroxyl groups is 1. The van der Waals surface area contributed by atoms with E-state index in [1.54, 1.807) is 35.6 Å².